The number of likely N-dealkylation sites (tertiary alicyclic amines) is 1. The summed E-state index contributed by atoms with van der Waals surface area (Å²) < 4.78 is 24.6. The average Bonchev–Trinajstić information content (AvgIpc) is 3.57. The molecular formula is C27H33NO5. The van der Waals surface area contributed by atoms with E-state index in [-0.39, 0.29) is 28.8 Å². The Balaban J connectivity index is 1.47. The summed E-state index contributed by atoms with van der Waals surface area (Å²) >= 11 is 0. The molecule has 2 saturated carbocycles. The molecule has 1 saturated heterocycles. The molecule has 0 N–H and O–H groups in total. The van der Waals surface area contributed by atoms with Crippen LogP contribution < -0.4 is 9.47 Å². The van der Waals surface area contributed by atoms with E-state index < -0.39 is 5.60 Å². The molecule has 1 aromatic rings. The monoisotopic (exact) mass is 451 g/mol. The summed E-state index contributed by atoms with van der Waals surface area (Å²) in [5.41, 5.74) is 1.48. The van der Waals surface area contributed by atoms with E-state index in [0.29, 0.717) is 12.6 Å². The molecule has 5 aliphatic carbocycles. The molecule has 0 amide bonds. The number of piperidine rings is 1. The van der Waals surface area contributed by atoms with Gasteiger partial charge in [-0.25, -0.2) is 0 Å². The molecule has 33 heavy (non-hydrogen) atoms. The maximum Gasteiger partial charge on any atom is 0.312 e. The van der Waals surface area contributed by atoms with E-state index in [1.165, 1.54) is 30.5 Å². The quantitative estimate of drug-likeness (QED) is 0.489. The standard InChI is InChI=1S/C27H33NO5/c1-4-32-23(29)18-14-25-9-10-27(18,31-3)24-26(25)11-12-28(15-16-5-6-16)20(25)13-17-7-8-19(30-2)22(33-24)21(17)26/h7-10,16,18,20,24H,4-6,11-15H2,1-3H3/t18-,20-,24?,25-,26+,27-/m1/s1. The maximum absolute atomic E-state index is 13.4. The van der Waals surface area contributed by atoms with E-state index in [4.69, 9.17) is 18.9 Å². The van der Waals surface area contributed by atoms with Crippen LogP contribution in [0.25, 0.3) is 0 Å². The van der Waals surface area contributed by atoms with Crippen LogP contribution >= 0.6 is 0 Å². The molecule has 1 aromatic carbocycles. The van der Waals surface area contributed by atoms with Crippen molar-refractivity contribution in [3.8, 4) is 11.5 Å². The van der Waals surface area contributed by atoms with Gasteiger partial charge in [0, 0.05) is 30.7 Å². The number of rotatable bonds is 6. The largest absolute Gasteiger partial charge is 0.493 e. The molecule has 1 unspecified atom stereocenters. The lowest BCUT2D eigenvalue weighted by Crippen LogP contribution is -2.80. The van der Waals surface area contributed by atoms with E-state index in [2.05, 4.69) is 29.2 Å². The molecule has 3 fully saturated rings. The highest BCUT2D eigenvalue weighted by Crippen LogP contribution is 2.74. The third-order valence-electron chi connectivity index (χ3n) is 9.88. The number of nitrogens with zero attached hydrogens (tertiary/aromatic N) is 1. The van der Waals surface area contributed by atoms with E-state index in [9.17, 15) is 4.79 Å². The van der Waals surface area contributed by atoms with Crippen LogP contribution in [0.1, 0.15) is 43.7 Å². The fourth-order valence-corrected chi connectivity index (χ4v) is 8.44. The Morgan fingerprint density at radius 3 is 2.82 bits per heavy atom. The Hall–Kier alpha value is -2.05. The third-order valence-corrected chi connectivity index (χ3v) is 9.88. The van der Waals surface area contributed by atoms with Gasteiger partial charge in [0.05, 0.1) is 25.0 Å². The van der Waals surface area contributed by atoms with Crippen LogP contribution in [0.3, 0.4) is 0 Å². The van der Waals surface area contributed by atoms with Crippen molar-refractivity contribution in [3.05, 3.63) is 35.4 Å². The van der Waals surface area contributed by atoms with Crippen molar-refractivity contribution in [2.24, 2.45) is 17.3 Å². The van der Waals surface area contributed by atoms with Crippen LogP contribution in [0.15, 0.2) is 24.3 Å². The van der Waals surface area contributed by atoms with E-state index in [1.54, 1.807) is 14.2 Å². The molecule has 6 heteroatoms. The first-order valence-corrected chi connectivity index (χ1v) is 12.6. The number of ether oxygens (including phenoxy) is 4. The molecule has 0 radical (unpaired) electrons. The number of benzene rings is 1. The first-order valence-electron chi connectivity index (χ1n) is 12.6. The summed E-state index contributed by atoms with van der Waals surface area (Å²) in [5, 5.41) is 0. The van der Waals surface area contributed by atoms with Crippen molar-refractivity contribution in [2.45, 2.75) is 62.2 Å². The van der Waals surface area contributed by atoms with Gasteiger partial charge >= 0.3 is 5.97 Å². The lowest BCUT2D eigenvalue weighted by Gasteiger charge is -2.70. The fraction of sp³-hybridized carbons (Fsp3) is 0.667. The molecule has 2 spiro atoms. The van der Waals surface area contributed by atoms with Crippen molar-refractivity contribution in [2.75, 3.05) is 33.9 Å². The van der Waals surface area contributed by atoms with Gasteiger partial charge in [0.2, 0.25) is 0 Å². The predicted octanol–water partition coefficient (Wildman–Crippen LogP) is 3.26. The van der Waals surface area contributed by atoms with E-state index in [1.807, 2.05) is 6.92 Å². The number of methoxy groups -OCH3 is 2. The second-order valence-corrected chi connectivity index (χ2v) is 10.9. The average molecular weight is 452 g/mol. The second-order valence-electron chi connectivity index (χ2n) is 10.9. The van der Waals surface area contributed by atoms with Crippen molar-refractivity contribution in [1.29, 1.82) is 0 Å². The van der Waals surface area contributed by atoms with Gasteiger partial charge < -0.3 is 18.9 Å². The van der Waals surface area contributed by atoms with Gasteiger partial charge in [-0.2, -0.15) is 0 Å². The normalized spacial score (nSPS) is 41.5. The van der Waals surface area contributed by atoms with Gasteiger partial charge in [-0.05, 0) is 63.1 Å². The number of hydrogen-bond donors (Lipinski definition) is 0. The Morgan fingerprint density at radius 1 is 1.24 bits per heavy atom. The highest BCUT2D eigenvalue weighted by molar-refractivity contribution is 5.78. The summed E-state index contributed by atoms with van der Waals surface area (Å²) in [5.74, 6) is 1.94. The molecule has 8 rings (SSSR count). The fourth-order valence-electron chi connectivity index (χ4n) is 8.44. The van der Waals surface area contributed by atoms with Crippen LogP contribution in [0, 0.1) is 17.3 Å². The summed E-state index contributed by atoms with van der Waals surface area (Å²) in [7, 11) is 3.43. The van der Waals surface area contributed by atoms with Gasteiger partial charge in [-0.3, -0.25) is 9.69 Å². The van der Waals surface area contributed by atoms with Crippen molar-refractivity contribution < 1.29 is 23.7 Å². The maximum atomic E-state index is 13.4. The number of carbonyl (C=O) groups excluding carboxylic acids is 1. The van der Waals surface area contributed by atoms with Crippen LogP contribution in [0.5, 0.6) is 11.5 Å². The summed E-state index contributed by atoms with van der Waals surface area (Å²) in [4.78, 5) is 16.1. The molecule has 0 aromatic heterocycles. The molecule has 176 valence electrons. The van der Waals surface area contributed by atoms with Crippen LogP contribution in [0.2, 0.25) is 0 Å². The predicted molar refractivity (Wildman–Crippen MR) is 122 cm³/mol. The number of carbonyl (C=O) groups is 1. The zero-order chi connectivity index (χ0) is 22.6. The van der Waals surface area contributed by atoms with Gasteiger partial charge in [0.1, 0.15) is 11.7 Å². The minimum Gasteiger partial charge on any atom is -0.493 e. The first-order chi connectivity index (χ1) is 16.0. The highest BCUT2D eigenvalue weighted by Gasteiger charge is 2.80. The SMILES string of the molecule is CCOC(=O)[C@H]1C[C@@]23C=C[C@]1(OC)C1Oc4c(OC)ccc5c4[C@@]12CCN(CC1CC1)[C@@H]3C5. The van der Waals surface area contributed by atoms with Gasteiger partial charge in [-0.1, -0.05) is 18.2 Å². The summed E-state index contributed by atoms with van der Waals surface area (Å²) in [6, 6.07) is 4.66. The second kappa shape index (κ2) is 6.54. The summed E-state index contributed by atoms with van der Waals surface area (Å²) in [6.45, 7) is 4.48. The van der Waals surface area contributed by atoms with Crippen molar-refractivity contribution in [3.63, 3.8) is 0 Å². The molecule has 7 aliphatic rings. The Labute approximate surface area is 195 Å². The molecule has 6 nitrogen and oxygen atoms in total. The molecular weight excluding hydrogens is 418 g/mol. The van der Waals surface area contributed by atoms with Gasteiger partial charge in [0.25, 0.3) is 0 Å². The minimum absolute atomic E-state index is 0.165. The Bertz CT molecular complexity index is 1060. The van der Waals surface area contributed by atoms with Crippen LogP contribution in [0.4, 0.5) is 0 Å². The Kier molecular flexibility index (Phi) is 4.03. The number of fused-ring (bicyclic) bond motifs is 1. The highest BCUT2D eigenvalue weighted by atomic mass is 16.6. The van der Waals surface area contributed by atoms with Crippen LogP contribution in [-0.2, 0) is 26.1 Å². The van der Waals surface area contributed by atoms with E-state index >= 15 is 0 Å². The topological polar surface area (TPSA) is 57.2 Å². The molecule has 4 bridgehead atoms. The summed E-state index contributed by atoms with van der Waals surface area (Å²) in [6.07, 6.45) is 9.76. The molecule has 6 atom stereocenters. The minimum atomic E-state index is -0.837. The van der Waals surface area contributed by atoms with Crippen molar-refractivity contribution in [1.82, 2.24) is 4.90 Å². The van der Waals surface area contributed by atoms with E-state index in [0.717, 1.165) is 43.2 Å². The lowest BCUT2D eigenvalue weighted by molar-refractivity contribution is -0.223. The first kappa shape index (κ1) is 20.3. The smallest absolute Gasteiger partial charge is 0.312 e. The van der Waals surface area contributed by atoms with Gasteiger partial charge in [0.15, 0.2) is 11.5 Å². The molecule has 2 heterocycles. The van der Waals surface area contributed by atoms with Gasteiger partial charge in [-0.15, -0.1) is 0 Å². The van der Waals surface area contributed by atoms with Crippen LogP contribution in [-0.4, -0.2) is 62.5 Å². The number of esters is 1. The zero-order valence-electron chi connectivity index (χ0n) is 19.8. The Morgan fingerprint density at radius 2 is 2.09 bits per heavy atom. The molecule has 2 aliphatic heterocycles. The number of hydrogen-bond acceptors (Lipinski definition) is 6. The lowest BCUT2D eigenvalue weighted by atomic mass is 9.37. The zero-order valence-corrected chi connectivity index (χ0v) is 19.8. The van der Waals surface area contributed by atoms with Crippen molar-refractivity contribution >= 4 is 5.97 Å². The third kappa shape index (κ3) is 2.21.